The molecule has 2 aromatic rings. The second-order valence-corrected chi connectivity index (χ2v) is 12.3. The quantitative estimate of drug-likeness (QED) is 0.151. The molecule has 2 aromatic carbocycles. The molecule has 12 nitrogen and oxygen atoms in total. The lowest BCUT2D eigenvalue weighted by Gasteiger charge is -2.21. The molecule has 3 amide bonds. The molecule has 0 radical (unpaired) electrons. The first-order chi connectivity index (χ1) is 23.2. The largest absolute Gasteiger partial charge is 0.449 e. The van der Waals surface area contributed by atoms with Gasteiger partial charge in [-0.2, -0.15) is 0 Å². The standard InChI is InChI=1S/C36H53N3O9/c1-5-43-20-21-45-24-25-46-23-22-44-19-18-37-33(40)32(16-10-11-17-38-34(41)48-36(2,3)4)39-35(42)47-26-31-29-14-8-6-12-27(29)28-13-7-9-15-30(28)31/h6-9,12-15,31-32H,5,10-11,16-26H2,1-4H3,(H,37,40)(H,38,41)(H,39,42)/t32-/m0/s1. The minimum Gasteiger partial charge on any atom is -0.449 e. The van der Waals surface area contributed by atoms with Crippen LogP contribution >= 0.6 is 0 Å². The molecule has 12 heteroatoms. The van der Waals surface area contributed by atoms with Gasteiger partial charge in [-0.3, -0.25) is 4.79 Å². The van der Waals surface area contributed by atoms with Crippen molar-refractivity contribution in [2.45, 2.75) is 64.5 Å². The third kappa shape index (κ3) is 14.2. The van der Waals surface area contributed by atoms with Gasteiger partial charge >= 0.3 is 12.2 Å². The average Bonchev–Trinajstić information content (AvgIpc) is 3.37. The van der Waals surface area contributed by atoms with Crippen molar-refractivity contribution in [1.82, 2.24) is 16.0 Å². The Morgan fingerprint density at radius 3 is 1.85 bits per heavy atom. The lowest BCUT2D eigenvalue weighted by molar-refractivity contribution is -0.123. The second-order valence-electron chi connectivity index (χ2n) is 12.3. The topological polar surface area (TPSA) is 143 Å². The van der Waals surface area contributed by atoms with Gasteiger partial charge in [-0.05, 0) is 69.2 Å². The Labute approximate surface area is 284 Å². The van der Waals surface area contributed by atoms with Gasteiger partial charge in [0.15, 0.2) is 0 Å². The molecule has 3 N–H and O–H groups in total. The SMILES string of the molecule is CCOCCOCCOCCOCCNC(=O)[C@H](CCCCNC(=O)OC(C)(C)C)NC(=O)OCC1c2ccccc2-c2ccccc21. The number of rotatable bonds is 22. The number of hydrogen-bond acceptors (Lipinski definition) is 9. The van der Waals surface area contributed by atoms with E-state index < -0.39 is 23.8 Å². The summed E-state index contributed by atoms with van der Waals surface area (Å²) in [5.41, 5.74) is 3.89. The second kappa shape index (κ2) is 21.3. The number of hydrogen-bond donors (Lipinski definition) is 3. The zero-order chi connectivity index (χ0) is 34.6. The summed E-state index contributed by atoms with van der Waals surface area (Å²) in [6.07, 6.45) is 0.355. The number of benzene rings is 2. The van der Waals surface area contributed by atoms with E-state index in [1.807, 2.05) is 31.2 Å². The van der Waals surface area contributed by atoms with E-state index in [1.165, 1.54) is 0 Å². The van der Waals surface area contributed by atoms with Crippen LogP contribution in [0.5, 0.6) is 0 Å². The highest BCUT2D eigenvalue weighted by Gasteiger charge is 2.30. The summed E-state index contributed by atoms with van der Waals surface area (Å²) < 4.78 is 32.6. The van der Waals surface area contributed by atoms with Gasteiger partial charge in [0.05, 0.1) is 46.2 Å². The van der Waals surface area contributed by atoms with Gasteiger partial charge in [-0.25, -0.2) is 9.59 Å². The molecule has 48 heavy (non-hydrogen) atoms. The predicted octanol–water partition coefficient (Wildman–Crippen LogP) is 4.79. The molecule has 0 aromatic heterocycles. The van der Waals surface area contributed by atoms with Crippen molar-refractivity contribution in [3.8, 4) is 11.1 Å². The van der Waals surface area contributed by atoms with Crippen LogP contribution in [0.15, 0.2) is 48.5 Å². The van der Waals surface area contributed by atoms with Gasteiger partial charge in [0.2, 0.25) is 5.91 Å². The Morgan fingerprint density at radius 2 is 1.27 bits per heavy atom. The molecule has 0 heterocycles. The summed E-state index contributed by atoms with van der Waals surface area (Å²) in [5.74, 6) is -0.434. The van der Waals surface area contributed by atoms with E-state index in [4.69, 9.17) is 28.4 Å². The smallest absolute Gasteiger partial charge is 0.407 e. The first kappa shape index (κ1) is 38.7. The van der Waals surface area contributed by atoms with Crippen LogP contribution in [0.25, 0.3) is 11.1 Å². The lowest BCUT2D eigenvalue weighted by Crippen LogP contribution is -2.47. The third-order valence-electron chi connectivity index (χ3n) is 7.41. The van der Waals surface area contributed by atoms with Crippen LogP contribution in [0.2, 0.25) is 0 Å². The van der Waals surface area contributed by atoms with Crippen molar-refractivity contribution < 1.29 is 42.8 Å². The number of nitrogens with one attached hydrogen (secondary N) is 3. The number of fused-ring (bicyclic) bond motifs is 3. The van der Waals surface area contributed by atoms with Crippen molar-refractivity contribution in [2.75, 3.05) is 72.6 Å². The van der Waals surface area contributed by atoms with Crippen molar-refractivity contribution in [3.05, 3.63) is 59.7 Å². The van der Waals surface area contributed by atoms with Crippen molar-refractivity contribution in [1.29, 1.82) is 0 Å². The summed E-state index contributed by atoms with van der Waals surface area (Å²) in [5, 5.41) is 8.30. The minimum atomic E-state index is -0.826. The number of alkyl carbamates (subject to hydrolysis) is 2. The maximum atomic E-state index is 13.1. The first-order valence-electron chi connectivity index (χ1n) is 16.9. The van der Waals surface area contributed by atoms with E-state index >= 15 is 0 Å². The van der Waals surface area contributed by atoms with Gasteiger partial charge in [0.25, 0.3) is 0 Å². The van der Waals surface area contributed by atoms with Gasteiger partial charge < -0.3 is 44.4 Å². The molecule has 266 valence electrons. The molecule has 0 aliphatic heterocycles. The fraction of sp³-hybridized carbons (Fsp3) is 0.583. The van der Waals surface area contributed by atoms with Crippen LogP contribution in [0.3, 0.4) is 0 Å². The van der Waals surface area contributed by atoms with E-state index in [0.717, 1.165) is 22.3 Å². The molecule has 3 rings (SSSR count). The molecule has 1 atom stereocenters. The van der Waals surface area contributed by atoms with Crippen molar-refractivity contribution >= 4 is 18.1 Å². The molecular formula is C36H53N3O9. The van der Waals surface area contributed by atoms with Gasteiger partial charge in [0, 0.05) is 25.6 Å². The normalized spacial score (nSPS) is 12.9. The van der Waals surface area contributed by atoms with E-state index in [0.29, 0.717) is 72.1 Å². The van der Waals surface area contributed by atoms with Crippen LogP contribution in [0.4, 0.5) is 9.59 Å². The van der Waals surface area contributed by atoms with E-state index in [-0.39, 0.29) is 31.6 Å². The maximum Gasteiger partial charge on any atom is 0.407 e. The molecule has 1 aliphatic carbocycles. The van der Waals surface area contributed by atoms with Crippen LogP contribution in [-0.4, -0.2) is 102 Å². The van der Waals surface area contributed by atoms with Crippen molar-refractivity contribution in [2.24, 2.45) is 0 Å². The molecular weight excluding hydrogens is 618 g/mol. The fourth-order valence-electron chi connectivity index (χ4n) is 5.20. The van der Waals surface area contributed by atoms with E-state index in [9.17, 15) is 14.4 Å². The highest BCUT2D eigenvalue weighted by Crippen LogP contribution is 2.44. The molecule has 0 unspecified atom stereocenters. The average molecular weight is 672 g/mol. The van der Waals surface area contributed by atoms with Crippen LogP contribution < -0.4 is 16.0 Å². The van der Waals surface area contributed by atoms with Crippen LogP contribution in [0, 0.1) is 0 Å². The van der Waals surface area contributed by atoms with Gasteiger partial charge in [-0.1, -0.05) is 48.5 Å². The summed E-state index contributed by atoms with van der Waals surface area (Å²) >= 11 is 0. The highest BCUT2D eigenvalue weighted by molar-refractivity contribution is 5.85. The van der Waals surface area contributed by atoms with E-state index in [1.54, 1.807) is 20.8 Å². The summed E-state index contributed by atoms with van der Waals surface area (Å²) in [4.78, 5) is 38.1. The summed E-state index contributed by atoms with van der Waals surface area (Å²) in [7, 11) is 0. The first-order valence-corrected chi connectivity index (χ1v) is 16.9. The number of carbonyl (C=O) groups is 3. The Hall–Kier alpha value is -3.71. The Bertz CT molecular complexity index is 1220. The summed E-state index contributed by atoms with van der Waals surface area (Å²) in [6.45, 7) is 11.9. The Morgan fingerprint density at radius 1 is 0.708 bits per heavy atom. The molecule has 0 bridgehead atoms. The molecule has 0 saturated heterocycles. The maximum absolute atomic E-state index is 13.1. The van der Waals surface area contributed by atoms with E-state index in [2.05, 4.69) is 40.2 Å². The van der Waals surface area contributed by atoms with Crippen LogP contribution in [0.1, 0.15) is 64.0 Å². The zero-order valence-electron chi connectivity index (χ0n) is 28.8. The molecule has 0 spiro atoms. The monoisotopic (exact) mass is 671 g/mol. The highest BCUT2D eigenvalue weighted by atomic mass is 16.6. The van der Waals surface area contributed by atoms with Crippen molar-refractivity contribution in [3.63, 3.8) is 0 Å². The lowest BCUT2D eigenvalue weighted by atomic mass is 9.98. The predicted molar refractivity (Wildman–Crippen MR) is 182 cm³/mol. The minimum absolute atomic E-state index is 0.0941. The molecule has 0 fully saturated rings. The van der Waals surface area contributed by atoms with Crippen LogP contribution in [-0.2, 0) is 33.2 Å². The molecule has 1 aliphatic rings. The number of amides is 3. The molecule has 0 saturated carbocycles. The fourth-order valence-corrected chi connectivity index (χ4v) is 5.20. The third-order valence-corrected chi connectivity index (χ3v) is 7.41. The number of ether oxygens (including phenoxy) is 6. The number of carbonyl (C=O) groups excluding carboxylic acids is 3. The Balaban J connectivity index is 1.42. The van der Waals surface area contributed by atoms with Gasteiger partial charge in [0.1, 0.15) is 18.2 Å². The van der Waals surface area contributed by atoms with Gasteiger partial charge in [-0.15, -0.1) is 0 Å². The number of unbranched alkanes of at least 4 members (excludes halogenated alkanes) is 1. The zero-order valence-corrected chi connectivity index (χ0v) is 28.8. The summed E-state index contributed by atoms with van der Waals surface area (Å²) in [6, 6.07) is 15.4. The Kier molecular flexibility index (Phi) is 17.2.